The van der Waals surface area contributed by atoms with Gasteiger partial charge in [-0.3, -0.25) is 9.59 Å². The van der Waals surface area contributed by atoms with Crippen LogP contribution < -0.4 is 0 Å². The Hall–Kier alpha value is -4.83. The second-order valence-electron chi connectivity index (χ2n) is 19.1. The maximum Gasteiger partial charge on any atom is 0.361 e. The monoisotopic (exact) mass is 1010 g/mol. The molecule has 0 rings (SSSR count). The van der Waals surface area contributed by atoms with E-state index in [-0.39, 0.29) is 38.6 Å². The zero-order chi connectivity index (χ0) is 53.4. The Kier molecular flexibility index (Phi) is 49.9. The van der Waals surface area contributed by atoms with Crippen LogP contribution in [0, 0.1) is 0 Å². The lowest BCUT2D eigenvalue weighted by molar-refractivity contribution is -0.870. The second-order valence-corrected chi connectivity index (χ2v) is 19.1. The summed E-state index contributed by atoms with van der Waals surface area (Å²) in [6, 6.07) is 0. The molecule has 9 nitrogen and oxygen atoms in total. The van der Waals surface area contributed by atoms with Gasteiger partial charge >= 0.3 is 17.9 Å². The van der Waals surface area contributed by atoms with Crippen molar-refractivity contribution in [3.63, 3.8) is 0 Å². The molecule has 9 heteroatoms. The fraction of sp³-hybridized carbons (Fsp3) is 0.578. The van der Waals surface area contributed by atoms with Crippen LogP contribution in [0.3, 0.4) is 0 Å². The van der Waals surface area contributed by atoms with Crippen LogP contribution in [-0.2, 0) is 33.3 Å². The molecule has 0 aliphatic rings. The summed E-state index contributed by atoms with van der Waals surface area (Å²) in [6.07, 6.45) is 74.9. The first kappa shape index (κ1) is 68.2. The fourth-order valence-corrected chi connectivity index (χ4v) is 6.84. The number of likely N-dealkylation sites (N-methyl/N-ethyl adjacent to an activating group) is 1. The Morgan fingerprint density at radius 3 is 1.10 bits per heavy atom. The van der Waals surface area contributed by atoms with Gasteiger partial charge in [0.1, 0.15) is 13.2 Å². The van der Waals surface area contributed by atoms with Crippen LogP contribution >= 0.6 is 0 Å². The molecule has 1 N–H and O–H groups in total. The molecule has 0 amide bonds. The lowest BCUT2D eigenvalue weighted by atomic mass is 10.1. The standard InChI is InChI=1S/C64H101NO8/c1-6-8-10-12-14-16-18-20-22-24-26-27-28-29-30-31-32-33-34-35-37-39-41-43-45-47-49-51-53-55-62(67)73-60(59-72-64(63(68)69)70-57-56-65(3,4)5)58-71-61(66)54-52-50-48-46-44-42-40-38-36-25-23-21-19-17-15-13-11-9-7-2/h8-11,14-17,20-23,26-27,29-30,32-33,35-38,41,43,60,64H,6-7,12-13,18-19,24-25,28,31,34,39-40,42,44-59H2,1-5H3/p+1/b10-8-,11-9-,16-14-,17-15-,22-20-,23-21-,27-26-,30-29-,33-32-,37-35-,38-36-,43-41-. The van der Waals surface area contributed by atoms with Gasteiger partial charge in [-0.05, 0) is 116 Å². The third kappa shape index (κ3) is 54.8. The molecule has 2 atom stereocenters. The van der Waals surface area contributed by atoms with Gasteiger partial charge in [0.25, 0.3) is 6.29 Å². The lowest BCUT2D eigenvalue weighted by Crippen LogP contribution is -2.40. The largest absolute Gasteiger partial charge is 0.477 e. The molecule has 0 heterocycles. The first-order valence-corrected chi connectivity index (χ1v) is 28.0. The number of hydrogen-bond donors (Lipinski definition) is 1. The van der Waals surface area contributed by atoms with Gasteiger partial charge in [0.2, 0.25) is 0 Å². The molecule has 0 aromatic rings. The number of allylic oxidation sites excluding steroid dienone is 24. The van der Waals surface area contributed by atoms with Crippen molar-refractivity contribution in [2.75, 3.05) is 47.5 Å². The summed E-state index contributed by atoms with van der Waals surface area (Å²) in [5.74, 6) is -2.08. The highest BCUT2D eigenvalue weighted by Gasteiger charge is 2.25. The smallest absolute Gasteiger partial charge is 0.361 e. The van der Waals surface area contributed by atoms with Crippen LogP contribution in [-0.4, -0.2) is 87.4 Å². The molecule has 73 heavy (non-hydrogen) atoms. The number of ether oxygens (including phenoxy) is 4. The van der Waals surface area contributed by atoms with E-state index in [0.29, 0.717) is 17.4 Å². The summed E-state index contributed by atoms with van der Waals surface area (Å²) >= 11 is 0. The third-order valence-electron chi connectivity index (χ3n) is 11.1. The van der Waals surface area contributed by atoms with Crippen LogP contribution in [0.25, 0.3) is 0 Å². The first-order valence-electron chi connectivity index (χ1n) is 28.0. The highest BCUT2D eigenvalue weighted by Crippen LogP contribution is 2.13. The highest BCUT2D eigenvalue weighted by molar-refractivity contribution is 5.71. The molecule has 0 aliphatic heterocycles. The van der Waals surface area contributed by atoms with Crippen molar-refractivity contribution in [1.82, 2.24) is 0 Å². The predicted molar refractivity (Wildman–Crippen MR) is 308 cm³/mol. The van der Waals surface area contributed by atoms with E-state index in [0.717, 1.165) is 148 Å². The number of nitrogens with zero attached hydrogens (tertiary/aromatic N) is 1. The van der Waals surface area contributed by atoms with Crippen LogP contribution in [0.4, 0.5) is 0 Å². The minimum absolute atomic E-state index is 0.170. The molecule has 0 fully saturated rings. The van der Waals surface area contributed by atoms with E-state index in [9.17, 15) is 19.5 Å². The number of carbonyl (C=O) groups excluding carboxylic acids is 2. The van der Waals surface area contributed by atoms with Gasteiger partial charge in [-0.2, -0.15) is 0 Å². The minimum atomic E-state index is -1.53. The third-order valence-corrected chi connectivity index (χ3v) is 11.1. The number of unbranched alkanes of at least 4 members (excludes halogenated alkanes) is 10. The molecule has 0 spiro atoms. The Morgan fingerprint density at radius 2 is 0.740 bits per heavy atom. The van der Waals surface area contributed by atoms with E-state index in [2.05, 4.69) is 160 Å². The van der Waals surface area contributed by atoms with Gasteiger partial charge in [-0.1, -0.05) is 198 Å². The number of carbonyl (C=O) groups is 3. The first-order chi connectivity index (χ1) is 35.6. The van der Waals surface area contributed by atoms with E-state index in [1.807, 2.05) is 21.1 Å². The number of esters is 2. The number of carboxylic acid groups (broad SMARTS) is 1. The Balaban J connectivity index is 4.41. The van der Waals surface area contributed by atoms with E-state index in [4.69, 9.17) is 18.9 Å². The van der Waals surface area contributed by atoms with Gasteiger partial charge in [0.05, 0.1) is 34.4 Å². The zero-order valence-electron chi connectivity index (χ0n) is 46.5. The normalized spacial score (nSPS) is 13.9. The van der Waals surface area contributed by atoms with E-state index in [1.54, 1.807) is 0 Å². The number of rotatable bonds is 49. The molecular formula is C64H102NO8+. The molecule has 0 aromatic carbocycles. The molecule has 2 unspecified atom stereocenters. The maximum absolute atomic E-state index is 12.9. The fourth-order valence-electron chi connectivity index (χ4n) is 6.84. The highest BCUT2D eigenvalue weighted by atomic mass is 16.7. The number of hydrogen-bond acceptors (Lipinski definition) is 7. The van der Waals surface area contributed by atoms with Crippen molar-refractivity contribution in [2.24, 2.45) is 0 Å². The summed E-state index contributed by atoms with van der Waals surface area (Å²) in [7, 11) is 5.94. The van der Waals surface area contributed by atoms with Gasteiger partial charge in [0, 0.05) is 12.8 Å². The minimum Gasteiger partial charge on any atom is -0.477 e. The van der Waals surface area contributed by atoms with Gasteiger partial charge in [-0.15, -0.1) is 0 Å². The Labute approximate surface area is 445 Å². The molecular weight excluding hydrogens is 911 g/mol. The quantitative estimate of drug-likeness (QED) is 0.0211. The van der Waals surface area contributed by atoms with Gasteiger partial charge in [-0.25, -0.2) is 4.79 Å². The molecule has 0 aromatic heterocycles. The van der Waals surface area contributed by atoms with Crippen molar-refractivity contribution in [1.29, 1.82) is 0 Å². The maximum atomic E-state index is 12.9. The van der Waals surface area contributed by atoms with E-state index in [1.165, 1.54) is 0 Å². The molecule has 410 valence electrons. The van der Waals surface area contributed by atoms with Gasteiger partial charge < -0.3 is 28.5 Å². The summed E-state index contributed by atoms with van der Waals surface area (Å²) < 4.78 is 22.8. The van der Waals surface area contributed by atoms with Crippen molar-refractivity contribution in [2.45, 2.75) is 193 Å². The molecule has 0 aliphatic carbocycles. The number of aliphatic carboxylic acids is 1. The zero-order valence-corrected chi connectivity index (χ0v) is 46.5. The van der Waals surface area contributed by atoms with Crippen LogP contribution in [0.1, 0.15) is 181 Å². The molecule has 0 saturated carbocycles. The van der Waals surface area contributed by atoms with Crippen molar-refractivity contribution < 1.29 is 42.9 Å². The SMILES string of the molecule is CC/C=C\C/C=C\C/C=C\C/C=C\C/C=C\C/C=C\C/C=C\C/C=C\CCCCCCC(=O)OC(COC(=O)CCCCCCCC/C=C\C/C=C\C/C=C\C/C=C\CC)COC(OCC[N+](C)(C)C)C(=O)O. The average Bonchev–Trinajstić information content (AvgIpc) is 3.36. The molecule has 0 bridgehead atoms. The summed E-state index contributed by atoms with van der Waals surface area (Å²) in [5, 5.41) is 9.69. The predicted octanol–water partition coefficient (Wildman–Crippen LogP) is 16.4. The second kappa shape index (κ2) is 53.5. The Bertz CT molecular complexity index is 1700. The Morgan fingerprint density at radius 1 is 0.411 bits per heavy atom. The molecule has 0 radical (unpaired) electrons. The summed E-state index contributed by atoms with van der Waals surface area (Å²) in [4.78, 5) is 37.4. The van der Waals surface area contributed by atoms with Crippen LogP contribution in [0.5, 0.6) is 0 Å². The van der Waals surface area contributed by atoms with Gasteiger partial charge in [0.15, 0.2) is 6.10 Å². The number of quaternary nitrogens is 1. The summed E-state index contributed by atoms with van der Waals surface area (Å²) in [6.45, 7) is 4.57. The lowest BCUT2D eigenvalue weighted by Gasteiger charge is -2.25. The van der Waals surface area contributed by atoms with E-state index < -0.39 is 24.3 Å². The van der Waals surface area contributed by atoms with E-state index >= 15 is 0 Å². The molecule has 0 saturated heterocycles. The van der Waals surface area contributed by atoms with Crippen molar-refractivity contribution in [3.8, 4) is 0 Å². The van der Waals surface area contributed by atoms with Crippen molar-refractivity contribution in [3.05, 3.63) is 146 Å². The van der Waals surface area contributed by atoms with Crippen LogP contribution in [0.15, 0.2) is 146 Å². The topological polar surface area (TPSA) is 108 Å². The number of carboxylic acids is 1. The average molecular weight is 1010 g/mol. The van der Waals surface area contributed by atoms with Crippen molar-refractivity contribution >= 4 is 17.9 Å². The summed E-state index contributed by atoms with van der Waals surface area (Å²) in [5.41, 5.74) is 0. The van der Waals surface area contributed by atoms with Crippen LogP contribution in [0.2, 0.25) is 0 Å².